The highest BCUT2D eigenvalue weighted by Crippen LogP contribution is 2.26. The van der Waals surface area contributed by atoms with Gasteiger partial charge in [-0.15, -0.1) is 0 Å². The van der Waals surface area contributed by atoms with E-state index in [1.54, 1.807) is 19.3 Å². The van der Waals surface area contributed by atoms with Crippen molar-refractivity contribution in [1.29, 1.82) is 0 Å². The van der Waals surface area contributed by atoms with Crippen molar-refractivity contribution in [3.8, 4) is 5.88 Å². The summed E-state index contributed by atoms with van der Waals surface area (Å²) in [6.45, 7) is 0.495. The molecule has 3 nitrogen and oxygen atoms in total. The van der Waals surface area contributed by atoms with Crippen LogP contribution in [0.1, 0.15) is 24.8 Å². The van der Waals surface area contributed by atoms with Crippen LogP contribution in [0.25, 0.3) is 0 Å². The van der Waals surface area contributed by atoms with Gasteiger partial charge in [0.05, 0.1) is 0 Å². The molecule has 0 aliphatic heterocycles. The van der Waals surface area contributed by atoms with E-state index in [-0.39, 0.29) is 17.8 Å². The van der Waals surface area contributed by atoms with Crippen molar-refractivity contribution < 1.29 is 9.13 Å². The fourth-order valence-corrected chi connectivity index (χ4v) is 1.52. The first-order chi connectivity index (χ1) is 7.31. The molecule has 82 valence electrons. The zero-order chi connectivity index (χ0) is 10.7. The Kier molecular flexibility index (Phi) is 3.16. The van der Waals surface area contributed by atoms with Crippen LogP contribution in [0.3, 0.4) is 0 Å². The number of hydrogen-bond acceptors (Lipinski definition) is 3. The molecule has 1 saturated carbocycles. The number of rotatable bonds is 4. The second-order valence-electron chi connectivity index (χ2n) is 3.79. The summed E-state index contributed by atoms with van der Waals surface area (Å²) in [6.07, 6.45) is 4.94. The van der Waals surface area contributed by atoms with Crippen LogP contribution in [0, 0.1) is 5.82 Å². The molecule has 1 aromatic rings. The number of pyridine rings is 1. The maximum atomic E-state index is 13.8. The van der Waals surface area contributed by atoms with Gasteiger partial charge in [0.1, 0.15) is 6.10 Å². The molecule has 0 amide bonds. The van der Waals surface area contributed by atoms with Crippen molar-refractivity contribution in [2.75, 3.05) is 7.05 Å². The number of aromatic nitrogens is 1. The monoisotopic (exact) mass is 210 g/mol. The Labute approximate surface area is 88.7 Å². The molecule has 1 N–H and O–H groups in total. The third-order valence-electron chi connectivity index (χ3n) is 2.63. The molecular formula is C11H15FN2O. The highest BCUT2D eigenvalue weighted by molar-refractivity contribution is 5.23. The summed E-state index contributed by atoms with van der Waals surface area (Å²) in [5, 5.41) is 2.91. The Hall–Kier alpha value is -1.16. The first kappa shape index (κ1) is 10.4. The Morgan fingerprint density at radius 2 is 2.40 bits per heavy atom. The summed E-state index contributed by atoms with van der Waals surface area (Å²) in [6, 6.07) is 1.67. The lowest BCUT2D eigenvalue weighted by Crippen LogP contribution is -2.25. The van der Waals surface area contributed by atoms with E-state index in [1.807, 2.05) is 0 Å². The quantitative estimate of drug-likeness (QED) is 0.823. The molecule has 1 aliphatic rings. The Morgan fingerprint density at radius 3 is 3.00 bits per heavy atom. The first-order valence-corrected chi connectivity index (χ1v) is 5.26. The summed E-state index contributed by atoms with van der Waals surface area (Å²) in [4.78, 5) is 3.92. The van der Waals surface area contributed by atoms with Gasteiger partial charge in [-0.2, -0.15) is 0 Å². The number of nitrogens with zero attached hydrogens (tertiary/aromatic N) is 1. The van der Waals surface area contributed by atoms with E-state index >= 15 is 0 Å². The minimum Gasteiger partial charge on any atom is -0.472 e. The normalized spacial score (nSPS) is 16.1. The van der Waals surface area contributed by atoms with Crippen molar-refractivity contribution in [1.82, 2.24) is 10.3 Å². The SMILES string of the molecule is CNCc1ccnc(OC2CCC2)c1F. The standard InChI is InChI=1S/C11H15FN2O/c1-13-7-8-5-6-14-11(10(8)12)15-9-3-2-4-9/h5-6,9,13H,2-4,7H2,1H3. The molecule has 0 atom stereocenters. The summed E-state index contributed by atoms with van der Waals surface area (Å²) >= 11 is 0. The maximum Gasteiger partial charge on any atom is 0.250 e. The summed E-state index contributed by atoms with van der Waals surface area (Å²) in [7, 11) is 1.78. The first-order valence-electron chi connectivity index (χ1n) is 5.26. The van der Waals surface area contributed by atoms with Crippen LogP contribution in [0.15, 0.2) is 12.3 Å². The molecule has 0 spiro atoms. The van der Waals surface area contributed by atoms with Crippen molar-refractivity contribution in [2.45, 2.75) is 31.9 Å². The molecule has 1 aromatic heterocycles. The van der Waals surface area contributed by atoms with Crippen LogP contribution >= 0.6 is 0 Å². The van der Waals surface area contributed by atoms with Gasteiger partial charge in [0, 0.05) is 18.3 Å². The highest BCUT2D eigenvalue weighted by Gasteiger charge is 2.21. The van der Waals surface area contributed by atoms with Crippen LogP contribution < -0.4 is 10.1 Å². The van der Waals surface area contributed by atoms with Crippen LogP contribution in [0.4, 0.5) is 4.39 Å². The molecule has 15 heavy (non-hydrogen) atoms. The van der Waals surface area contributed by atoms with Gasteiger partial charge in [0.25, 0.3) is 5.88 Å². The van der Waals surface area contributed by atoms with Crippen molar-refractivity contribution in [3.63, 3.8) is 0 Å². The van der Waals surface area contributed by atoms with Crippen molar-refractivity contribution >= 4 is 0 Å². The zero-order valence-electron chi connectivity index (χ0n) is 8.79. The van der Waals surface area contributed by atoms with Gasteiger partial charge in [0.15, 0.2) is 5.82 Å². The van der Waals surface area contributed by atoms with Crippen molar-refractivity contribution in [2.24, 2.45) is 0 Å². The Morgan fingerprint density at radius 1 is 1.60 bits per heavy atom. The molecular weight excluding hydrogens is 195 g/mol. The van der Waals surface area contributed by atoms with E-state index in [2.05, 4.69) is 10.3 Å². The second-order valence-corrected chi connectivity index (χ2v) is 3.79. The van der Waals surface area contributed by atoms with Gasteiger partial charge in [-0.1, -0.05) is 0 Å². The molecule has 0 saturated heterocycles. The molecule has 0 radical (unpaired) electrons. The third kappa shape index (κ3) is 2.26. The number of hydrogen-bond donors (Lipinski definition) is 1. The lowest BCUT2D eigenvalue weighted by atomic mass is 9.96. The van der Waals surface area contributed by atoms with E-state index in [9.17, 15) is 4.39 Å². The van der Waals surface area contributed by atoms with E-state index in [0.717, 1.165) is 12.8 Å². The fraction of sp³-hybridized carbons (Fsp3) is 0.545. The van der Waals surface area contributed by atoms with Crippen LogP contribution in [-0.2, 0) is 6.54 Å². The van der Waals surface area contributed by atoms with Gasteiger partial charge in [-0.05, 0) is 32.4 Å². The molecule has 1 heterocycles. The highest BCUT2D eigenvalue weighted by atomic mass is 19.1. The minimum absolute atomic E-state index is 0.146. The number of ether oxygens (including phenoxy) is 1. The molecule has 0 aromatic carbocycles. The lowest BCUT2D eigenvalue weighted by molar-refractivity contribution is 0.108. The summed E-state index contributed by atoms with van der Waals surface area (Å²) < 4.78 is 19.2. The molecule has 4 heteroatoms. The Bertz CT molecular complexity index is 339. The molecule has 0 bridgehead atoms. The van der Waals surface area contributed by atoms with Gasteiger partial charge >= 0.3 is 0 Å². The minimum atomic E-state index is -0.334. The summed E-state index contributed by atoms with van der Waals surface area (Å²) in [5.41, 5.74) is 0.599. The molecule has 1 aliphatic carbocycles. The fourth-order valence-electron chi connectivity index (χ4n) is 1.52. The smallest absolute Gasteiger partial charge is 0.250 e. The van der Waals surface area contributed by atoms with E-state index in [0.29, 0.717) is 12.1 Å². The van der Waals surface area contributed by atoms with Gasteiger partial charge < -0.3 is 10.1 Å². The topological polar surface area (TPSA) is 34.2 Å². The molecule has 1 fully saturated rings. The molecule has 0 unspecified atom stereocenters. The lowest BCUT2D eigenvalue weighted by Gasteiger charge is -2.26. The van der Waals surface area contributed by atoms with E-state index in [1.165, 1.54) is 6.42 Å². The van der Waals surface area contributed by atoms with Gasteiger partial charge in [-0.25, -0.2) is 9.37 Å². The maximum absolute atomic E-state index is 13.8. The zero-order valence-corrected chi connectivity index (χ0v) is 8.79. The van der Waals surface area contributed by atoms with Crippen LogP contribution in [0.5, 0.6) is 5.88 Å². The average Bonchev–Trinajstić information content (AvgIpc) is 2.17. The van der Waals surface area contributed by atoms with E-state index in [4.69, 9.17) is 4.74 Å². The predicted octanol–water partition coefficient (Wildman–Crippen LogP) is 1.87. The predicted molar refractivity (Wildman–Crippen MR) is 55.2 cm³/mol. The summed E-state index contributed by atoms with van der Waals surface area (Å²) in [5.74, 6) is -0.189. The number of nitrogens with one attached hydrogen (secondary N) is 1. The second kappa shape index (κ2) is 4.57. The largest absolute Gasteiger partial charge is 0.472 e. The van der Waals surface area contributed by atoms with Crippen LogP contribution in [0.2, 0.25) is 0 Å². The molecule has 2 rings (SSSR count). The number of halogens is 1. The van der Waals surface area contributed by atoms with E-state index < -0.39 is 0 Å². The van der Waals surface area contributed by atoms with Gasteiger partial charge in [0.2, 0.25) is 0 Å². The average molecular weight is 210 g/mol. The van der Waals surface area contributed by atoms with Gasteiger partial charge in [-0.3, -0.25) is 0 Å². The third-order valence-corrected chi connectivity index (χ3v) is 2.63. The Balaban J connectivity index is 2.11. The van der Waals surface area contributed by atoms with Crippen LogP contribution in [-0.4, -0.2) is 18.1 Å². The van der Waals surface area contributed by atoms with Crippen molar-refractivity contribution in [3.05, 3.63) is 23.6 Å².